The minimum Gasteiger partial charge on any atom is -0.347 e. The zero-order valence-electron chi connectivity index (χ0n) is 33.0. The van der Waals surface area contributed by atoms with E-state index in [4.69, 9.17) is 4.98 Å². The van der Waals surface area contributed by atoms with Gasteiger partial charge in [0.1, 0.15) is 17.6 Å². The highest BCUT2D eigenvalue weighted by Crippen LogP contribution is 2.45. The van der Waals surface area contributed by atoms with Crippen molar-refractivity contribution in [3.8, 4) is 11.3 Å². The van der Waals surface area contributed by atoms with Crippen LogP contribution < -0.4 is 25.6 Å². The van der Waals surface area contributed by atoms with Gasteiger partial charge in [-0.3, -0.25) is 28.7 Å². The average molecular weight is 803 g/mol. The molecule has 16 heteroatoms. The minimum atomic E-state index is -3.92. The molecule has 2 aromatic rings. The number of likely N-dealkylation sites (tertiary alicyclic amines) is 1. The standard InChI is InChI=1S/C41H54N8O7S/c1-5-27-22-41(27,38(54)47-57(55,56)29-16-17-29)46-36(52)31-21-28(24-49(31)37(53)34(40(2,3)4)44-32(50)20-25-14-15-25)43-35(51)30-23-42-39(48-18-10-7-11-19-48)45-33(30)26-12-8-6-9-13-26/h5-6,8-9,12-13,23,25,27-29,31,34H,1,7,10-11,14-22,24H2,2-4H3,(H,43,51)(H,44,50)(H,46,52)(H,47,54)/t27-,28+,31-,34+,41+/m0/s1. The van der Waals surface area contributed by atoms with Crippen molar-refractivity contribution in [1.29, 1.82) is 0 Å². The Morgan fingerprint density at radius 3 is 2.33 bits per heavy atom. The van der Waals surface area contributed by atoms with Crippen LogP contribution in [-0.4, -0.2) is 101 Å². The van der Waals surface area contributed by atoms with E-state index in [1.807, 2.05) is 51.1 Å². The fourth-order valence-electron chi connectivity index (χ4n) is 7.93. The molecule has 0 bridgehead atoms. The second kappa shape index (κ2) is 15.8. The van der Waals surface area contributed by atoms with Crippen molar-refractivity contribution in [2.45, 2.75) is 114 Å². The van der Waals surface area contributed by atoms with Gasteiger partial charge in [-0.1, -0.05) is 57.2 Å². The van der Waals surface area contributed by atoms with Crippen LogP contribution in [0.3, 0.4) is 0 Å². The maximum absolute atomic E-state index is 14.6. The molecule has 57 heavy (non-hydrogen) atoms. The number of aromatic nitrogens is 2. The molecule has 5 amide bonds. The number of hydrogen-bond acceptors (Lipinski definition) is 10. The number of nitrogens with one attached hydrogen (secondary N) is 4. The van der Waals surface area contributed by atoms with Gasteiger partial charge in [0.2, 0.25) is 33.7 Å². The van der Waals surface area contributed by atoms with Gasteiger partial charge in [-0.05, 0) is 69.1 Å². The lowest BCUT2D eigenvalue weighted by molar-refractivity contribution is -0.144. The highest BCUT2D eigenvalue weighted by atomic mass is 32.2. The van der Waals surface area contributed by atoms with E-state index in [1.165, 1.54) is 17.2 Å². The van der Waals surface area contributed by atoms with Crippen LogP contribution in [0.5, 0.6) is 0 Å². The number of carbonyl (C=O) groups is 5. The van der Waals surface area contributed by atoms with E-state index in [1.54, 1.807) is 0 Å². The Morgan fingerprint density at radius 1 is 1.02 bits per heavy atom. The summed E-state index contributed by atoms with van der Waals surface area (Å²) in [4.78, 5) is 82.7. The Bertz CT molecular complexity index is 2020. The third-order valence-corrected chi connectivity index (χ3v) is 13.6. The summed E-state index contributed by atoms with van der Waals surface area (Å²) in [5.74, 6) is -2.49. The molecule has 3 heterocycles. The molecule has 0 radical (unpaired) electrons. The lowest BCUT2D eigenvalue weighted by atomic mass is 9.85. The van der Waals surface area contributed by atoms with Crippen molar-refractivity contribution in [3.05, 3.63) is 54.7 Å². The third kappa shape index (κ3) is 9.00. The van der Waals surface area contributed by atoms with E-state index in [2.05, 4.69) is 37.1 Å². The van der Waals surface area contributed by atoms with Crippen molar-refractivity contribution < 1.29 is 32.4 Å². The molecule has 0 spiro atoms. The number of anilines is 1. The Hall–Kier alpha value is -4.86. The van der Waals surface area contributed by atoms with Crippen molar-refractivity contribution in [2.24, 2.45) is 17.3 Å². The first-order valence-corrected chi connectivity index (χ1v) is 21.7. The summed E-state index contributed by atoms with van der Waals surface area (Å²) in [6.07, 6.45) is 9.44. The molecule has 2 saturated heterocycles. The Kier molecular flexibility index (Phi) is 11.2. The predicted octanol–water partition coefficient (Wildman–Crippen LogP) is 2.83. The number of amides is 5. The normalized spacial score (nSPS) is 25.2. The van der Waals surface area contributed by atoms with Gasteiger partial charge < -0.3 is 25.8 Å². The lowest BCUT2D eigenvalue weighted by Crippen LogP contribution is -2.60. The molecule has 3 aliphatic carbocycles. The molecule has 5 fully saturated rings. The van der Waals surface area contributed by atoms with Crippen LogP contribution in [0.1, 0.15) is 95.3 Å². The van der Waals surface area contributed by atoms with Crippen molar-refractivity contribution in [3.63, 3.8) is 0 Å². The molecule has 7 rings (SSSR count). The number of hydrogen-bond donors (Lipinski definition) is 4. The van der Waals surface area contributed by atoms with Gasteiger partial charge in [0.25, 0.3) is 11.8 Å². The zero-order valence-corrected chi connectivity index (χ0v) is 33.8. The molecular formula is C41H54N8O7S. The molecule has 15 nitrogen and oxygen atoms in total. The minimum absolute atomic E-state index is 0.0135. The summed E-state index contributed by atoms with van der Waals surface area (Å²) in [5.41, 5.74) is -0.913. The van der Waals surface area contributed by atoms with Gasteiger partial charge in [0.15, 0.2) is 0 Å². The second-order valence-electron chi connectivity index (χ2n) is 17.5. The number of nitrogens with zero attached hydrogens (tertiary/aromatic N) is 4. The van der Waals surface area contributed by atoms with Gasteiger partial charge in [0, 0.05) is 49.8 Å². The van der Waals surface area contributed by atoms with E-state index in [-0.39, 0.29) is 36.8 Å². The van der Waals surface area contributed by atoms with Crippen LogP contribution in [0.2, 0.25) is 0 Å². The van der Waals surface area contributed by atoms with Crippen molar-refractivity contribution in [2.75, 3.05) is 24.5 Å². The quantitative estimate of drug-likeness (QED) is 0.206. The highest BCUT2D eigenvalue weighted by Gasteiger charge is 2.62. The topological polar surface area (TPSA) is 200 Å². The first-order valence-electron chi connectivity index (χ1n) is 20.2. The van der Waals surface area contributed by atoms with Gasteiger partial charge in [0.05, 0.1) is 16.5 Å². The summed E-state index contributed by atoms with van der Waals surface area (Å²) in [5, 5.41) is 8.10. The number of rotatable bonds is 14. The first kappa shape index (κ1) is 40.3. The average Bonchev–Trinajstić information content (AvgIpc) is 4.09. The van der Waals surface area contributed by atoms with Crippen LogP contribution >= 0.6 is 0 Å². The maximum atomic E-state index is 14.6. The molecule has 5 aliphatic rings. The van der Waals surface area contributed by atoms with E-state index in [0.29, 0.717) is 30.9 Å². The summed E-state index contributed by atoms with van der Waals surface area (Å²) < 4.78 is 27.7. The zero-order chi connectivity index (χ0) is 40.7. The monoisotopic (exact) mass is 802 g/mol. The Balaban J connectivity index is 1.16. The smallest absolute Gasteiger partial charge is 0.259 e. The van der Waals surface area contributed by atoms with Crippen LogP contribution in [0.15, 0.2) is 49.2 Å². The van der Waals surface area contributed by atoms with E-state index in [9.17, 15) is 32.4 Å². The van der Waals surface area contributed by atoms with Gasteiger partial charge in [-0.15, -0.1) is 6.58 Å². The molecule has 0 unspecified atom stereocenters. The highest BCUT2D eigenvalue weighted by molar-refractivity contribution is 7.91. The van der Waals surface area contributed by atoms with Gasteiger partial charge >= 0.3 is 0 Å². The maximum Gasteiger partial charge on any atom is 0.259 e. The summed E-state index contributed by atoms with van der Waals surface area (Å²) >= 11 is 0. The number of carbonyl (C=O) groups excluding carboxylic acids is 5. The van der Waals surface area contributed by atoms with Crippen LogP contribution in [0.25, 0.3) is 11.3 Å². The van der Waals surface area contributed by atoms with Gasteiger partial charge in [-0.2, -0.15) is 0 Å². The third-order valence-electron chi connectivity index (χ3n) is 11.8. The predicted molar refractivity (Wildman–Crippen MR) is 213 cm³/mol. The number of piperidine rings is 1. The van der Waals surface area contributed by atoms with Crippen LogP contribution in [0.4, 0.5) is 5.95 Å². The molecule has 4 N–H and O–H groups in total. The summed E-state index contributed by atoms with van der Waals surface area (Å²) in [7, 11) is -3.92. The van der Waals surface area contributed by atoms with Crippen LogP contribution in [-0.2, 0) is 29.2 Å². The fraction of sp³-hybridized carbons (Fsp3) is 0.585. The van der Waals surface area contributed by atoms with Crippen molar-refractivity contribution in [1.82, 2.24) is 35.5 Å². The van der Waals surface area contributed by atoms with E-state index >= 15 is 0 Å². The number of sulfonamides is 1. The number of benzene rings is 1. The molecule has 5 atom stereocenters. The SMILES string of the molecule is C=C[C@H]1C[C@]1(NC(=O)[C@@H]1C[C@@H](NC(=O)c2cnc(N3CCCCC3)nc2-c2ccccc2)CN1C(=O)[C@@H](NC(=O)CC1CC1)C(C)(C)C)C(=O)NS(=O)(=O)C1CC1. The second-order valence-corrected chi connectivity index (χ2v) is 19.4. The Labute approximate surface area is 334 Å². The first-order chi connectivity index (χ1) is 27.1. The van der Waals surface area contributed by atoms with E-state index in [0.717, 1.165) is 50.8 Å². The van der Waals surface area contributed by atoms with Crippen LogP contribution in [0, 0.1) is 17.3 Å². The lowest BCUT2D eigenvalue weighted by Gasteiger charge is -2.35. The Morgan fingerprint density at radius 2 is 1.72 bits per heavy atom. The molecular weight excluding hydrogens is 749 g/mol. The molecule has 3 saturated carbocycles. The fourth-order valence-corrected chi connectivity index (χ4v) is 9.30. The van der Waals surface area contributed by atoms with Gasteiger partial charge in [-0.25, -0.2) is 18.4 Å². The molecule has 306 valence electrons. The van der Waals surface area contributed by atoms with Crippen molar-refractivity contribution >= 4 is 45.5 Å². The van der Waals surface area contributed by atoms with E-state index < -0.39 is 73.9 Å². The largest absolute Gasteiger partial charge is 0.347 e. The summed E-state index contributed by atoms with van der Waals surface area (Å²) in [6, 6.07) is 6.45. The molecule has 1 aromatic carbocycles. The molecule has 1 aromatic heterocycles. The summed E-state index contributed by atoms with van der Waals surface area (Å²) in [6.45, 7) is 10.8. The molecule has 2 aliphatic heterocycles.